The average Bonchev–Trinajstić information content (AvgIpc) is 2.90. The molecule has 0 atom stereocenters. The summed E-state index contributed by atoms with van der Waals surface area (Å²) in [4.78, 5) is 14.9. The number of nitriles is 1. The summed E-state index contributed by atoms with van der Waals surface area (Å²) in [5.41, 5.74) is 6.69. The zero-order valence-corrected chi connectivity index (χ0v) is 9.45. The SMILES string of the molecule is N#C/C(=C\c1ccc(-n2ccnc2)cc1)C(N)=O. The molecular formula is C13H10N4O. The van der Waals surface area contributed by atoms with Gasteiger partial charge in [-0.05, 0) is 23.8 Å². The van der Waals surface area contributed by atoms with Gasteiger partial charge in [-0.15, -0.1) is 0 Å². The van der Waals surface area contributed by atoms with E-state index in [-0.39, 0.29) is 5.57 Å². The van der Waals surface area contributed by atoms with E-state index < -0.39 is 5.91 Å². The molecule has 0 fully saturated rings. The smallest absolute Gasteiger partial charge is 0.259 e. The Morgan fingerprint density at radius 2 is 2.11 bits per heavy atom. The van der Waals surface area contributed by atoms with Crippen molar-refractivity contribution in [2.24, 2.45) is 5.73 Å². The van der Waals surface area contributed by atoms with Gasteiger partial charge in [-0.25, -0.2) is 4.98 Å². The van der Waals surface area contributed by atoms with Crippen LogP contribution in [-0.4, -0.2) is 15.5 Å². The summed E-state index contributed by atoms with van der Waals surface area (Å²) in [5, 5.41) is 8.73. The largest absolute Gasteiger partial charge is 0.365 e. The van der Waals surface area contributed by atoms with Crippen LogP contribution in [0.15, 0.2) is 48.6 Å². The molecule has 5 nitrogen and oxygen atoms in total. The predicted molar refractivity (Wildman–Crippen MR) is 66.3 cm³/mol. The predicted octanol–water partition coefficient (Wildman–Crippen LogP) is 1.26. The zero-order valence-electron chi connectivity index (χ0n) is 9.45. The van der Waals surface area contributed by atoms with E-state index in [1.54, 1.807) is 30.7 Å². The van der Waals surface area contributed by atoms with Crippen LogP contribution in [0, 0.1) is 11.3 Å². The molecule has 0 aliphatic heterocycles. The van der Waals surface area contributed by atoms with Crippen LogP contribution in [-0.2, 0) is 4.79 Å². The summed E-state index contributed by atoms with van der Waals surface area (Å²) < 4.78 is 1.85. The minimum absolute atomic E-state index is 0.0645. The molecule has 0 saturated carbocycles. The van der Waals surface area contributed by atoms with Crippen LogP contribution in [0.25, 0.3) is 11.8 Å². The summed E-state index contributed by atoms with van der Waals surface area (Å²) in [5.74, 6) is -0.726. The quantitative estimate of drug-likeness (QED) is 0.645. The Labute approximate surface area is 104 Å². The molecule has 2 N–H and O–H groups in total. The number of carbonyl (C=O) groups is 1. The zero-order chi connectivity index (χ0) is 13.0. The van der Waals surface area contributed by atoms with E-state index >= 15 is 0 Å². The number of nitrogens with two attached hydrogens (primary N) is 1. The Balaban J connectivity index is 2.29. The first-order valence-electron chi connectivity index (χ1n) is 5.20. The van der Waals surface area contributed by atoms with Crippen LogP contribution >= 0.6 is 0 Å². The standard InChI is InChI=1S/C13H10N4O/c14-8-11(13(15)18)7-10-1-3-12(4-2-10)17-6-5-16-9-17/h1-7,9H,(H2,15,18)/b11-7+. The highest BCUT2D eigenvalue weighted by atomic mass is 16.1. The monoisotopic (exact) mass is 238 g/mol. The number of hydrogen-bond donors (Lipinski definition) is 1. The van der Waals surface area contributed by atoms with E-state index in [9.17, 15) is 4.79 Å². The van der Waals surface area contributed by atoms with Crippen molar-refractivity contribution in [3.8, 4) is 11.8 Å². The van der Waals surface area contributed by atoms with Gasteiger partial charge >= 0.3 is 0 Å². The molecule has 2 aromatic rings. The van der Waals surface area contributed by atoms with Gasteiger partial charge < -0.3 is 10.3 Å². The van der Waals surface area contributed by atoms with Crippen molar-refractivity contribution in [1.29, 1.82) is 5.26 Å². The van der Waals surface area contributed by atoms with Gasteiger partial charge in [0.1, 0.15) is 11.6 Å². The van der Waals surface area contributed by atoms with Crippen LogP contribution in [0.5, 0.6) is 0 Å². The van der Waals surface area contributed by atoms with E-state index in [1.807, 2.05) is 22.9 Å². The molecule has 0 bridgehead atoms. The number of hydrogen-bond acceptors (Lipinski definition) is 3. The van der Waals surface area contributed by atoms with Crippen molar-refractivity contribution in [1.82, 2.24) is 9.55 Å². The highest BCUT2D eigenvalue weighted by Crippen LogP contribution is 2.12. The molecule has 0 aliphatic carbocycles. The van der Waals surface area contributed by atoms with E-state index in [0.29, 0.717) is 0 Å². The number of amides is 1. The minimum Gasteiger partial charge on any atom is -0.365 e. The van der Waals surface area contributed by atoms with Gasteiger partial charge in [-0.2, -0.15) is 5.26 Å². The third-order valence-corrected chi connectivity index (χ3v) is 2.39. The number of primary amides is 1. The first kappa shape index (κ1) is 11.6. The van der Waals surface area contributed by atoms with Crippen LogP contribution in [0.4, 0.5) is 0 Å². The summed E-state index contributed by atoms with van der Waals surface area (Å²) >= 11 is 0. The Hall–Kier alpha value is -2.87. The van der Waals surface area contributed by atoms with Gasteiger partial charge in [0.05, 0.1) is 6.33 Å². The molecule has 0 radical (unpaired) electrons. The van der Waals surface area contributed by atoms with Crippen LogP contribution < -0.4 is 5.73 Å². The number of rotatable bonds is 3. The molecule has 1 aromatic carbocycles. The molecule has 0 aliphatic rings. The molecule has 0 spiro atoms. The molecule has 18 heavy (non-hydrogen) atoms. The molecular weight excluding hydrogens is 228 g/mol. The number of nitrogens with zero attached hydrogens (tertiary/aromatic N) is 3. The van der Waals surface area contributed by atoms with Crippen molar-refractivity contribution in [2.45, 2.75) is 0 Å². The Morgan fingerprint density at radius 1 is 1.39 bits per heavy atom. The maximum Gasteiger partial charge on any atom is 0.259 e. The summed E-state index contributed by atoms with van der Waals surface area (Å²) in [6.45, 7) is 0. The Morgan fingerprint density at radius 3 is 2.61 bits per heavy atom. The molecule has 0 saturated heterocycles. The normalized spacial score (nSPS) is 10.9. The van der Waals surface area contributed by atoms with Crippen molar-refractivity contribution >= 4 is 12.0 Å². The topological polar surface area (TPSA) is 84.7 Å². The summed E-state index contributed by atoms with van der Waals surface area (Å²) in [6.07, 6.45) is 6.67. The van der Waals surface area contributed by atoms with Gasteiger partial charge in [-0.1, -0.05) is 12.1 Å². The van der Waals surface area contributed by atoms with Crippen molar-refractivity contribution in [3.63, 3.8) is 0 Å². The molecule has 1 heterocycles. The van der Waals surface area contributed by atoms with Crippen molar-refractivity contribution in [3.05, 3.63) is 54.1 Å². The third kappa shape index (κ3) is 2.44. The Bertz CT molecular complexity index is 618. The van der Waals surface area contributed by atoms with E-state index in [4.69, 9.17) is 11.0 Å². The second-order valence-corrected chi connectivity index (χ2v) is 3.60. The lowest BCUT2D eigenvalue weighted by Gasteiger charge is -2.02. The number of imidazole rings is 1. The van der Waals surface area contributed by atoms with Gasteiger partial charge in [0.2, 0.25) is 0 Å². The van der Waals surface area contributed by atoms with Crippen molar-refractivity contribution in [2.75, 3.05) is 0 Å². The molecule has 2 rings (SSSR count). The lowest BCUT2D eigenvalue weighted by molar-refractivity contribution is -0.114. The summed E-state index contributed by atoms with van der Waals surface area (Å²) in [7, 11) is 0. The van der Waals surface area contributed by atoms with Gasteiger partial charge in [0.15, 0.2) is 0 Å². The molecule has 88 valence electrons. The minimum atomic E-state index is -0.726. The maximum atomic E-state index is 10.9. The lowest BCUT2D eigenvalue weighted by Crippen LogP contribution is -2.12. The second-order valence-electron chi connectivity index (χ2n) is 3.60. The maximum absolute atomic E-state index is 10.9. The second kappa shape index (κ2) is 4.97. The highest BCUT2D eigenvalue weighted by Gasteiger charge is 2.03. The van der Waals surface area contributed by atoms with Gasteiger partial charge in [-0.3, -0.25) is 4.79 Å². The van der Waals surface area contributed by atoms with Gasteiger partial charge in [0, 0.05) is 18.1 Å². The van der Waals surface area contributed by atoms with Crippen molar-refractivity contribution < 1.29 is 4.79 Å². The third-order valence-electron chi connectivity index (χ3n) is 2.39. The van der Waals surface area contributed by atoms with E-state index in [0.717, 1.165) is 11.3 Å². The average molecular weight is 238 g/mol. The number of aromatic nitrogens is 2. The fourth-order valence-corrected chi connectivity index (χ4v) is 1.48. The van der Waals surface area contributed by atoms with E-state index in [1.165, 1.54) is 6.08 Å². The van der Waals surface area contributed by atoms with Crippen LogP contribution in [0.1, 0.15) is 5.56 Å². The van der Waals surface area contributed by atoms with Gasteiger partial charge in [0.25, 0.3) is 5.91 Å². The van der Waals surface area contributed by atoms with E-state index in [2.05, 4.69) is 4.98 Å². The highest BCUT2D eigenvalue weighted by molar-refractivity contribution is 6.00. The van der Waals surface area contributed by atoms with Crippen LogP contribution in [0.3, 0.4) is 0 Å². The van der Waals surface area contributed by atoms with Crippen LogP contribution in [0.2, 0.25) is 0 Å². The number of benzene rings is 1. The first-order chi connectivity index (χ1) is 8.70. The Kier molecular flexibility index (Phi) is 3.21. The fraction of sp³-hybridized carbons (Fsp3) is 0. The molecule has 1 amide bonds. The molecule has 5 heteroatoms. The molecule has 0 unspecified atom stereocenters. The summed E-state index contributed by atoms with van der Waals surface area (Å²) in [6, 6.07) is 9.10. The number of carbonyl (C=O) groups excluding carboxylic acids is 1. The molecule has 1 aromatic heterocycles. The first-order valence-corrected chi connectivity index (χ1v) is 5.20. The fourth-order valence-electron chi connectivity index (χ4n) is 1.48. The lowest BCUT2D eigenvalue weighted by atomic mass is 10.1.